The Balaban J connectivity index is 1.59. The lowest BCUT2D eigenvalue weighted by atomic mass is 9.90. The first-order chi connectivity index (χ1) is 7.84. The molecular weight excluding hydrogens is 204 g/mol. The van der Waals surface area contributed by atoms with Gasteiger partial charge in [0.15, 0.2) is 0 Å². The van der Waals surface area contributed by atoms with Crippen LogP contribution in [0, 0.1) is 5.92 Å². The zero-order valence-electron chi connectivity index (χ0n) is 9.84. The maximum Gasteiger partial charge on any atom is 0.407 e. The predicted octanol–water partition coefficient (Wildman–Crippen LogP) is 1.65. The Morgan fingerprint density at radius 2 is 2.06 bits per heavy atom. The van der Waals surface area contributed by atoms with E-state index in [0.29, 0.717) is 12.5 Å². The molecule has 0 spiro atoms. The van der Waals surface area contributed by atoms with Crippen LogP contribution in [-0.2, 0) is 4.74 Å². The van der Waals surface area contributed by atoms with Crippen LogP contribution in [-0.4, -0.2) is 31.8 Å². The molecule has 0 aromatic heterocycles. The van der Waals surface area contributed by atoms with Crippen LogP contribution in [0.25, 0.3) is 0 Å². The molecule has 1 amide bonds. The van der Waals surface area contributed by atoms with Gasteiger partial charge in [-0.1, -0.05) is 19.3 Å². The summed E-state index contributed by atoms with van der Waals surface area (Å²) in [6.07, 6.45) is 7.15. The average molecular weight is 226 g/mol. The van der Waals surface area contributed by atoms with Gasteiger partial charge in [0.05, 0.1) is 6.61 Å². The van der Waals surface area contributed by atoms with Gasteiger partial charge in [-0.3, -0.25) is 0 Å². The van der Waals surface area contributed by atoms with E-state index in [1.807, 2.05) is 0 Å². The first-order valence-corrected chi connectivity index (χ1v) is 6.48. The molecule has 4 nitrogen and oxygen atoms in total. The predicted molar refractivity (Wildman–Crippen MR) is 62.3 cm³/mol. The lowest BCUT2D eigenvalue weighted by Gasteiger charge is -2.21. The molecule has 1 saturated heterocycles. The molecule has 1 saturated carbocycles. The molecule has 0 bridgehead atoms. The minimum atomic E-state index is -0.237. The van der Waals surface area contributed by atoms with E-state index in [0.717, 1.165) is 19.5 Å². The molecule has 1 unspecified atom stereocenters. The molecule has 0 radical (unpaired) electrons. The zero-order chi connectivity index (χ0) is 11.2. The van der Waals surface area contributed by atoms with E-state index in [1.165, 1.54) is 32.1 Å². The standard InChI is InChI=1S/C12H22N2O2/c15-12(14-11-6-7-13-8-11)16-9-10-4-2-1-3-5-10/h10-11,13H,1-9H2,(H,14,15). The highest BCUT2D eigenvalue weighted by Gasteiger charge is 2.19. The Morgan fingerprint density at radius 3 is 2.75 bits per heavy atom. The fraction of sp³-hybridized carbons (Fsp3) is 0.917. The van der Waals surface area contributed by atoms with Crippen LogP contribution < -0.4 is 10.6 Å². The number of ether oxygens (including phenoxy) is 1. The monoisotopic (exact) mass is 226 g/mol. The largest absolute Gasteiger partial charge is 0.449 e. The summed E-state index contributed by atoms with van der Waals surface area (Å²) >= 11 is 0. The van der Waals surface area contributed by atoms with Crippen LogP contribution in [0.1, 0.15) is 38.5 Å². The van der Waals surface area contributed by atoms with Crippen molar-refractivity contribution in [2.75, 3.05) is 19.7 Å². The van der Waals surface area contributed by atoms with E-state index in [9.17, 15) is 4.79 Å². The SMILES string of the molecule is O=C(NC1CCNC1)OCC1CCCCC1. The summed E-state index contributed by atoms with van der Waals surface area (Å²) in [5.74, 6) is 0.598. The van der Waals surface area contributed by atoms with E-state index in [1.54, 1.807) is 0 Å². The third-order valence-electron chi connectivity index (χ3n) is 3.56. The van der Waals surface area contributed by atoms with E-state index >= 15 is 0 Å². The van der Waals surface area contributed by atoms with Crippen molar-refractivity contribution in [2.45, 2.75) is 44.6 Å². The molecule has 92 valence electrons. The molecule has 2 N–H and O–H groups in total. The summed E-state index contributed by atoms with van der Waals surface area (Å²) in [6, 6.07) is 0.263. The summed E-state index contributed by atoms with van der Waals surface area (Å²) in [7, 11) is 0. The number of hydrogen-bond donors (Lipinski definition) is 2. The van der Waals surface area contributed by atoms with Gasteiger partial charge in [-0.25, -0.2) is 4.79 Å². The van der Waals surface area contributed by atoms with Crippen molar-refractivity contribution in [1.29, 1.82) is 0 Å². The third kappa shape index (κ3) is 3.67. The van der Waals surface area contributed by atoms with Crippen LogP contribution in [0.2, 0.25) is 0 Å². The van der Waals surface area contributed by atoms with Gasteiger partial charge in [-0.2, -0.15) is 0 Å². The second-order valence-electron chi connectivity index (χ2n) is 4.94. The number of carbonyl (C=O) groups is 1. The van der Waals surface area contributed by atoms with Crippen LogP contribution >= 0.6 is 0 Å². The Labute approximate surface area is 97.1 Å². The Hall–Kier alpha value is -0.770. The minimum absolute atomic E-state index is 0.237. The molecule has 4 heteroatoms. The van der Waals surface area contributed by atoms with Crippen molar-refractivity contribution in [3.63, 3.8) is 0 Å². The first-order valence-electron chi connectivity index (χ1n) is 6.48. The van der Waals surface area contributed by atoms with Gasteiger partial charge >= 0.3 is 6.09 Å². The highest BCUT2D eigenvalue weighted by molar-refractivity contribution is 5.67. The van der Waals surface area contributed by atoms with Gasteiger partial charge < -0.3 is 15.4 Å². The summed E-state index contributed by atoms with van der Waals surface area (Å²) in [5, 5.41) is 6.11. The third-order valence-corrected chi connectivity index (χ3v) is 3.56. The zero-order valence-corrected chi connectivity index (χ0v) is 9.84. The second kappa shape index (κ2) is 6.09. The molecule has 1 aliphatic carbocycles. The Bertz CT molecular complexity index is 221. The van der Waals surface area contributed by atoms with Crippen LogP contribution in [0.15, 0.2) is 0 Å². The van der Waals surface area contributed by atoms with Gasteiger partial charge in [0.2, 0.25) is 0 Å². The lowest BCUT2D eigenvalue weighted by molar-refractivity contribution is 0.113. The van der Waals surface area contributed by atoms with Crippen molar-refractivity contribution >= 4 is 6.09 Å². The average Bonchev–Trinajstić information content (AvgIpc) is 2.81. The van der Waals surface area contributed by atoms with Crippen LogP contribution in [0.4, 0.5) is 4.79 Å². The minimum Gasteiger partial charge on any atom is -0.449 e. The maximum absolute atomic E-state index is 11.5. The van der Waals surface area contributed by atoms with Crippen LogP contribution in [0.5, 0.6) is 0 Å². The van der Waals surface area contributed by atoms with Gasteiger partial charge in [-0.05, 0) is 31.7 Å². The van der Waals surface area contributed by atoms with Crippen molar-refractivity contribution in [3.05, 3.63) is 0 Å². The molecule has 1 atom stereocenters. The summed E-state index contributed by atoms with van der Waals surface area (Å²) < 4.78 is 5.27. The van der Waals surface area contributed by atoms with Crippen molar-refractivity contribution < 1.29 is 9.53 Å². The normalized spacial score (nSPS) is 26.6. The van der Waals surface area contributed by atoms with Gasteiger partial charge in [0.25, 0.3) is 0 Å². The summed E-state index contributed by atoms with van der Waals surface area (Å²) in [5.41, 5.74) is 0. The van der Waals surface area contributed by atoms with Crippen molar-refractivity contribution in [2.24, 2.45) is 5.92 Å². The number of hydrogen-bond acceptors (Lipinski definition) is 3. The number of nitrogens with one attached hydrogen (secondary N) is 2. The van der Waals surface area contributed by atoms with E-state index in [2.05, 4.69) is 10.6 Å². The van der Waals surface area contributed by atoms with Gasteiger partial charge in [0, 0.05) is 12.6 Å². The molecule has 2 aliphatic rings. The molecule has 1 heterocycles. The summed E-state index contributed by atoms with van der Waals surface area (Å²) in [6.45, 7) is 2.47. The van der Waals surface area contributed by atoms with E-state index in [-0.39, 0.29) is 12.1 Å². The van der Waals surface area contributed by atoms with Crippen LogP contribution in [0.3, 0.4) is 0 Å². The van der Waals surface area contributed by atoms with Crippen molar-refractivity contribution in [3.8, 4) is 0 Å². The topological polar surface area (TPSA) is 50.4 Å². The lowest BCUT2D eigenvalue weighted by Crippen LogP contribution is -2.37. The number of rotatable bonds is 3. The van der Waals surface area contributed by atoms with Gasteiger partial charge in [-0.15, -0.1) is 0 Å². The Kier molecular flexibility index (Phi) is 4.45. The molecule has 2 fully saturated rings. The molecule has 0 aromatic rings. The maximum atomic E-state index is 11.5. The van der Waals surface area contributed by atoms with E-state index in [4.69, 9.17) is 4.74 Å². The Morgan fingerprint density at radius 1 is 1.25 bits per heavy atom. The first kappa shape index (κ1) is 11.7. The molecule has 2 rings (SSSR count). The van der Waals surface area contributed by atoms with Gasteiger partial charge in [0.1, 0.15) is 0 Å². The number of carbonyl (C=O) groups excluding carboxylic acids is 1. The molecular formula is C12H22N2O2. The van der Waals surface area contributed by atoms with E-state index < -0.39 is 0 Å². The fourth-order valence-corrected chi connectivity index (χ4v) is 2.53. The molecule has 1 aliphatic heterocycles. The molecule has 0 aromatic carbocycles. The highest BCUT2D eigenvalue weighted by Crippen LogP contribution is 2.23. The number of amides is 1. The summed E-state index contributed by atoms with van der Waals surface area (Å²) in [4.78, 5) is 11.5. The number of alkyl carbamates (subject to hydrolysis) is 1. The molecule has 16 heavy (non-hydrogen) atoms. The smallest absolute Gasteiger partial charge is 0.407 e. The fourth-order valence-electron chi connectivity index (χ4n) is 2.53. The van der Waals surface area contributed by atoms with Crippen molar-refractivity contribution in [1.82, 2.24) is 10.6 Å². The quantitative estimate of drug-likeness (QED) is 0.769. The second-order valence-corrected chi connectivity index (χ2v) is 4.94. The highest BCUT2D eigenvalue weighted by atomic mass is 16.5.